The van der Waals surface area contributed by atoms with E-state index >= 15 is 0 Å². The van der Waals surface area contributed by atoms with Crippen molar-refractivity contribution in [2.45, 2.75) is 12.5 Å². The summed E-state index contributed by atoms with van der Waals surface area (Å²) < 4.78 is 20.5. The lowest BCUT2D eigenvalue weighted by Gasteiger charge is -2.29. The van der Waals surface area contributed by atoms with Crippen LogP contribution in [0.2, 0.25) is 0 Å². The maximum atomic E-state index is 13.3. The van der Waals surface area contributed by atoms with Gasteiger partial charge in [-0.15, -0.1) is 0 Å². The first-order valence-electron chi connectivity index (χ1n) is 9.32. The largest absolute Gasteiger partial charge is 0.378 e. The van der Waals surface area contributed by atoms with Crippen LogP contribution in [0.4, 0.5) is 16.0 Å². The zero-order chi connectivity index (χ0) is 18.9. The van der Waals surface area contributed by atoms with E-state index in [4.69, 9.17) is 4.74 Å². The Labute approximate surface area is 161 Å². The first-order valence-corrected chi connectivity index (χ1v) is 9.32. The number of fused-ring (bicyclic) bond motifs is 1. The molecule has 2 aromatic carbocycles. The van der Waals surface area contributed by atoms with Crippen LogP contribution in [-0.4, -0.2) is 52.2 Å². The molecule has 8 heteroatoms. The van der Waals surface area contributed by atoms with Crippen LogP contribution in [0.25, 0.3) is 0 Å². The number of ether oxygens (including phenoxy) is 1. The van der Waals surface area contributed by atoms with E-state index in [0.29, 0.717) is 12.4 Å². The molecule has 28 heavy (non-hydrogen) atoms. The number of anilines is 1. The lowest BCUT2D eigenvalue weighted by molar-refractivity contribution is 0.122. The van der Waals surface area contributed by atoms with E-state index in [-0.39, 0.29) is 11.9 Å². The summed E-state index contributed by atoms with van der Waals surface area (Å²) in [6, 6.07) is 14.8. The molecule has 0 spiro atoms. The van der Waals surface area contributed by atoms with Crippen molar-refractivity contribution in [2.24, 2.45) is 4.99 Å². The average Bonchev–Trinajstić information content (AvgIpc) is 3.23. The van der Waals surface area contributed by atoms with Gasteiger partial charge in [-0.25, -0.2) is 14.1 Å². The maximum Gasteiger partial charge on any atom is 0.269 e. The number of tetrazole rings is 1. The minimum Gasteiger partial charge on any atom is -0.378 e. The highest BCUT2D eigenvalue weighted by Gasteiger charge is 2.27. The summed E-state index contributed by atoms with van der Waals surface area (Å²) in [7, 11) is 0. The standard InChI is InChI=1S/C20H19FN6O/c21-16-5-1-15(2-6-16)19-13-18(22-20-23-24-25-27(19)20)14-3-7-17(8-4-14)26-9-11-28-12-10-26/h1-8,19H,9-13H2. The van der Waals surface area contributed by atoms with Gasteiger partial charge >= 0.3 is 0 Å². The van der Waals surface area contributed by atoms with Gasteiger partial charge in [0.05, 0.1) is 25.0 Å². The molecule has 7 nitrogen and oxygen atoms in total. The van der Waals surface area contributed by atoms with E-state index < -0.39 is 0 Å². The maximum absolute atomic E-state index is 13.3. The molecule has 0 aliphatic carbocycles. The molecule has 3 aromatic rings. The second-order valence-corrected chi connectivity index (χ2v) is 6.90. The van der Waals surface area contributed by atoms with Crippen molar-refractivity contribution in [1.29, 1.82) is 0 Å². The minimum absolute atomic E-state index is 0.114. The van der Waals surface area contributed by atoms with Gasteiger partial charge in [0.2, 0.25) is 0 Å². The average molecular weight is 378 g/mol. The lowest BCUT2D eigenvalue weighted by Crippen LogP contribution is -2.36. The van der Waals surface area contributed by atoms with Crippen LogP contribution in [0.15, 0.2) is 53.5 Å². The normalized spacial score (nSPS) is 19.2. The monoisotopic (exact) mass is 378 g/mol. The Hall–Kier alpha value is -3.13. The molecule has 1 atom stereocenters. The van der Waals surface area contributed by atoms with Crippen molar-refractivity contribution in [3.8, 4) is 0 Å². The molecule has 1 unspecified atom stereocenters. The van der Waals surface area contributed by atoms with Gasteiger partial charge in [0.15, 0.2) is 0 Å². The van der Waals surface area contributed by atoms with Gasteiger partial charge in [-0.3, -0.25) is 0 Å². The van der Waals surface area contributed by atoms with E-state index in [1.165, 1.54) is 17.8 Å². The molecule has 1 saturated heterocycles. The Morgan fingerprint density at radius 3 is 2.46 bits per heavy atom. The van der Waals surface area contributed by atoms with Gasteiger partial charge in [0, 0.05) is 25.2 Å². The summed E-state index contributed by atoms with van der Waals surface area (Å²) in [5.74, 6) is 0.205. The number of rotatable bonds is 3. The second kappa shape index (κ2) is 7.12. The van der Waals surface area contributed by atoms with Gasteiger partial charge in [-0.2, -0.15) is 0 Å². The molecule has 0 radical (unpaired) electrons. The Bertz CT molecular complexity index is 992. The Morgan fingerprint density at radius 2 is 1.71 bits per heavy atom. The van der Waals surface area contributed by atoms with Crippen molar-refractivity contribution < 1.29 is 9.13 Å². The van der Waals surface area contributed by atoms with Crippen LogP contribution in [0, 0.1) is 5.82 Å². The first kappa shape index (κ1) is 17.0. The summed E-state index contributed by atoms with van der Waals surface area (Å²) in [5.41, 5.74) is 4.10. The number of aromatic nitrogens is 4. The summed E-state index contributed by atoms with van der Waals surface area (Å²) in [4.78, 5) is 6.96. The molecule has 2 aliphatic heterocycles. The Morgan fingerprint density at radius 1 is 0.964 bits per heavy atom. The highest BCUT2D eigenvalue weighted by atomic mass is 19.1. The van der Waals surface area contributed by atoms with Gasteiger partial charge in [-0.1, -0.05) is 29.4 Å². The van der Waals surface area contributed by atoms with Gasteiger partial charge in [0.25, 0.3) is 5.95 Å². The van der Waals surface area contributed by atoms with Crippen molar-refractivity contribution >= 4 is 17.3 Å². The number of hydrogen-bond acceptors (Lipinski definition) is 6. The highest BCUT2D eigenvalue weighted by molar-refractivity contribution is 6.03. The lowest BCUT2D eigenvalue weighted by atomic mass is 9.96. The minimum atomic E-state index is -0.260. The van der Waals surface area contributed by atoms with Crippen LogP contribution in [0.3, 0.4) is 0 Å². The Balaban J connectivity index is 1.44. The van der Waals surface area contributed by atoms with Crippen LogP contribution >= 0.6 is 0 Å². The number of nitrogens with zero attached hydrogens (tertiary/aromatic N) is 6. The fourth-order valence-corrected chi connectivity index (χ4v) is 3.71. The predicted octanol–water partition coefficient (Wildman–Crippen LogP) is 2.76. The zero-order valence-electron chi connectivity index (χ0n) is 15.2. The molecule has 142 valence electrons. The predicted molar refractivity (Wildman–Crippen MR) is 103 cm³/mol. The molecule has 5 rings (SSSR count). The highest BCUT2D eigenvalue weighted by Crippen LogP contribution is 2.32. The number of aliphatic imine (C=N–C) groups is 1. The van der Waals surface area contributed by atoms with Gasteiger partial charge in [-0.05, 0) is 45.8 Å². The molecule has 0 bridgehead atoms. The summed E-state index contributed by atoms with van der Waals surface area (Å²) in [6.07, 6.45) is 0.639. The molecule has 0 amide bonds. The van der Waals surface area contributed by atoms with Crippen LogP contribution in [0.1, 0.15) is 23.6 Å². The quantitative estimate of drug-likeness (QED) is 0.701. The van der Waals surface area contributed by atoms with Crippen LogP contribution in [-0.2, 0) is 4.74 Å². The number of hydrogen-bond donors (Lipinski definition) is 0. The van der Waals surface area contributed by atoms with Gasteiger partial charge in [0.1, 0.15) is 5.82 Å². The molecular weight excluding hydrogens is 359 g/mol. The zero-order valence-corrected chi connectivity index (χ0v) is 15.2. The second-order valence-electron chi connectivity index (χ2n) is 6.90. The fourth-order valence-electron chi connectivity index (χ4n) is 3.71. The van der Waals surface area contributed by atoms with Crippen molar-refractivity contribution in [2.75, 3.05) is 31.2 Å². The smallest absolute Gasteiger partial charge is 0.269 e. The van der Waals surface area contributed by atoms with Gasteiger partial charge < -0.3 is 9.64 Å². The Kier molecular flexibility index (Phi) is 4.32. The molecular formula is C20H19FN6O. The van der Waals surface area contributed by atoms with E-state index in [9.17, 15) is 4.39 Å². The number of morpholine rings is 1. The topological polar surface area (TPSA) is 68.4 Å². The number of benzene rings is 2. The van der Waals surface area contributed by atoms with Crippen molar-refractivity contribution in [3.63, 3.8) is 0 Å². The van der Waals surface area contributed by atoms with E-state index in [0.717, 1.165) is 43.1 Å². The molecule has 2 aliphatic rings. The summed E-state index contributed by atoms with van der Waals surface area (Å²) in [5, 5.41) is 11.9. The molecule has 3 heterocycles. The molecule has 1 fully saturated rings. The third kappa shape index (κ3) is 3.16. The van der Waals surface area contributed by atoms with E-state index in [1.54, 1.807) is 16.8 Å². The summed E-state index contributed by atoms with van der Waals surface area (Å²) in [6.45, 7) is 3.33. The molecule has 0 N–H and O–H groups in total. The van der Waals surface area contributed by atoms with E-state index in [2.05, 4.69) is 49.7 Å². The van der Waals surface area contributed by atoms with Crippen molar-refractivity contribution in [1.82, 2.24) is 20.2 Å². The fraction of sp³-hybridized carbons (Fsp3) is 0.300. The molecule has 0 saturated carbocycles. The summed E-state index contributed by atoms with van der Waals surface area (Å²) >= 11 is 0. The van der Waals surface area contributed by atoms with Crippen LogP contribution in [0.5, 0.6) is 0 Å². The third-order valence-electron chi connectivity index (χ3n) is 5.22. The van der Waals surface area contributed by atoms with Crippen LogP contribution < -0.4 is 4.90 Å². The molecule has 1 aromatic heterocycles. The third-order valence-corrected chi connectivity index (χ3v) is 5.22. The number of halogens is 1. The van der Waals surface area contributed by atoms with E-state index in [1.807, 2.05) is 0 Å². The van der Waals surface area contributed by atoms with Crippen molar-refractivity contribution in [3.05, 3.63) is 65.5 Å². The first-order chi connectivity index (χ1) is 13.8. The SMILES string of the molecule is Fc1ccc(C2CC(c3ccc(N4CCOCC4)cc3)=Nc3nnnn32)cc1.